The summed E-state index contributed by atoms with van der Waals surface area (Å²) in [5, 5.41) is 0. The quantitative estimate of drug-likeness (QED) is 0.562. The fourth-order valence-electron chi connectivity index (χ4n) is 2.28. The first-order chi connectivity index (χ1) is 9.53. The number of halogens is 5. The predicted octanol–water partition coefficient (Wildman–Crippen LogP) is 3.62. The number of aliphatic imine (C=N–C) groups is 1. The van der Waals surface area contributed by atoms with Gasteiger partial charge in [-0.15, -0.1) is 0 Å². The van der Waals surface area contributed by atoms with Crippen LogP contribution in [0.4, 0.5) is 17.6 Å². The third-order valence-corrected chi connectivity index (χ3v) is 4.56. The molecular formula is C13H13F4IN2O. The molecule has 1 aromatic rings. The molecule has 1 heterocycles. The number of hydrogen-bond donors (Lipinski definition) is 1. The molecule has 1 aliphatic heterocycles. The number of ether oxygens (including phenoxy) is 1. The van der Waals surface area contributed by atoms with Crippen molar-refractivity contribution in [3.8, 4) is 0 Å². The maximum Gasteiger partial charge on any atom is 0.425 e. The van der Waals surface area contributed by atoms with Crippen molar-refractivity contribution in [2.75, 3.05) is 0 Å². The Labute approximate surface area is 132 Å². The van der Waals surface area contributed by atoms with Gasteiger partial charge in [0.15, 0.2) is 6.10 Å². The van der Waals surface area contributed by atoms with Crippen LogP contribution in [0, 0.1) is 16.3 Å². The van der Waals surface area contributed by atoms with Gasteiger partial charge in [0.05, 0.1) is 5.54 Å². The lowest BCUT2D eigenvalue weighted by atomic mass is 9.85. The Morgan fingerprint density at radius 2 is 2.05 bits per heavy atom. The molecule has 3 nitrogen and oxygen atoms in total. The molecular weight excluding hydrogens is 403 g/mol. The van der Waals surface area contributed by atoms with Crippen LogP contribution in [-0.4, -0.2) is 18.3 Å². The van der Waals surface area contributed by atoms with Crippen molar-refractivity contribution in [2.45, 2.75) is 38.1 Å². The highest BCUT2D eigenvalue weighted by atomic mass is 127. The molecule has 1 aromatic carbocycles. The molecule has 2 atom stereocenters. The van der Waals surface area contributed by atoms with E-state index in [1.807, 2.05) is 22.6 Å². The predicted molar refractivity (Wildman–Crippen MR) is 78.4 cm³/mol. The number of nitrogens with zero attached hydrogens (tertiary/aromatic N) is 1. The molecule has 0 bridgehead atoms. The van der Waals surface area contributed by atoms with Crippen molar-refractivity contribution < 1.29 is 22.3 Å². The monoisotopic (exact) mass is 416 g/mol. The van der Waals surface area contributed by atoms with Gasteiger partial charge in [-0.1, -0.05) is 0 Å². The van der Waals surface area contributed by atoms with E-state index >= 15 is 0 Å². The second-order valence-electron chi connectivity index (χ2n) is 5.16. The van der Waals surface area contributed by atoms with E-state index in [1.54, 1.807) is 6.92 Å². The normalized spacial score (nSPS) is 26.2. The fraction of sp³-hybridized carbons (Fsp3) is 0.462. The highest BCUT2D eigenvalue weighted by Crippen LogP contribution is 2.41. The van der Waals surface area contributed by atoms with Gasteiger partial charge in [-0.05, 0) is 54.1 Å². The van der Waals surface area contributed by atoms with E-state index in [0.29, 0.717) is 5.56 Å². The van der Waals surface area contributed by atoms with Crippen LogP contribution in [0.2, 0.25) is 0 Å². The summed E-state index contributed by atoms with van der Waals surface area (Å²) in [5.74, 6) is -0.602. The average Bonchev–Trinajstić information content (AvgIpc) is 2.31. The summed E-state index contributed by atoms with van der Waals surface area (Å²) in [6.07, 6.45) is -7.21. The van der Waals surface area contributed by atoms with Crippen molar-refractivity contribution in [1.82, 2.24) is 0 Å². The number of rotatable bonds is 1. The van der Waals surface area contributed by atoms with Crippen LogP contribution in [0.3, 0.4) is 0 Å². The molecule has 2 rings (SSSR count). The second-order valence-corrected chi connectivity index (χ2v) is 6.32. The lowest BCUT2D eigenvalue weighted by molar-refractivity contribution is -0.208. The Bertz CT molecular complexity index is 603. The summed E-state index contributed by atoms with van der Waals surface area (Å²) in [7, 11) is 0. The molecule has 0 amide bonds. The van der Waals surface area contributed by atoms with Crippen molar-refractivity contribution in [3.05, 3.63) is 32.6 Å². The molecule has 0 aromatic heterocycles. The van der Waals surface area contributed by atoms with E-state index in [-0.39, 0.29) is 5.56 Å². The minimum Gasteiger partial charge on any atom is -0.452 e. The first-order valence-electron chi connectivity index (χ1n) is 6.08. The Morgan fingerprint density at radius 3 is 2.62 bits per heavy atom. The minimum atomic E-state index is -4.59. The number of hydrogen-bond acceptors (Lipinski definition) is 3. The molecule has 8 heteroatoms. The molecule has 21 heavy (non-hydrogen) atoms. The topological polar surface area (TPSA) is 47.6 Å². The van der Waals surface area contributed by atoms with E-state index in [9.17, 15) is 17.6 Å². The molecule has 0 spiro atoms. The fourth-order valence-corrected chi connectivity index (χ4v) is 2.74. The summed E-state index contributed by atoms with van der Waals surface area (Å²) in [6, 6.07) is 2.20. The molecule has 0 saturated heterocycles. The standard InChI is InChI=1S/C13H13F4IN2O/c1-6-3-8(14)7(4-9(6)18)12(2)5-10(13(15,16)17)21-11(19)20-12/h3-4,10H,5H2,1-2H3,(H2,19,20)/t10-,12-/m0/s1. The molecule has 0 aliphatic carbocycles. The highest BCUT2D eigenvalue weighted by Gasteiger charge is 2.50. The lowest BCUT2D eigenvalue weighted by Gasteiger charge is -2.36. The summed E-state index contributed by atoms with van der Waals surface area (Å²) in [5.41, 5.74) is 4.73. The van der Waals surface area contributed by atoms with Crippen LogP contribution in [-0.2, 0) is 10.3 Å². The minimum absolute atomic E-state index is 0.0815. The smallest absolute Gasteiger partial charge is 0.425 e. The van der Waals surface area contributed by atoms with E-state index in [1.165, 1.54) is 19.1 Å². The van der Waals surface area contributed by atoms with Crippen LogP contribution in [0.1, 0.15) is 24.5 Å². The van der Waals surface area contributed by atoms with Crippen LogP contribution >= 0.6 is 22.6 Å². The molecule has 0 fully saturated rings. The van der Waals surface area contributed by atoms with Crippen LogP contribution < -0.4 is 5.73 Å². The molecule has 1 aliphatic rings. The van der Waals surface area contributed by atoms with Gasteiger partial charge in [0, 0.05) is 15.6 Å². The van der Waals surface area contributed by atoms with Gasteiger partial charge in [-0.25, -0.2) is 9.38 Å². The van der Waals surface area contributed by atoms with Crippen molar-refractivity contribution >= 4 is 28.6 Å². The van der Waals surface area contributed by atoms with Gasteiger partial charge in [-0.3, -0.25) is 0 Å². The number of alkyl halides is 3. The lowest BCUT2D eigenvalue weighted by Crippen LogP contribution is -2.46. The first kappa shape index (κ1) is 16.3. The van der Waals surface area contributed by atoms with Crippen LogP contribution in [0.15, 0.2) is 17.1 Å². The maximum atomic E-state index is 14.2. The number of amidine groups is 1. The highest BCUT2D eigenvalue weighted by molar-refractivity contribution is 14.1. The van der Waals surface area contributed by atoms with Gasteiger partial charge >= 0.3 is 6.18 Å². The molecule has 116 valence electrons. The van der Waals surface area contributed by atoms with E-state index < -0.39 is 36.1 Å². The van der Waals surface area contributed by atoms with E-state index in [4.69, 9.17) is 5.73 Å². The molecule has 0 radical (unpaired) electrons. The zero-order valence-electron chi connectivity index (χ0n) is 11.3. The van der Waals surface area contributed by atoms with E-state index in [0.717, 1.165) is 3.57 Å². The zero-order valence-corrected chi connectivity index (χ0v) is 13.4. The number of benzene rings is 1. The summed E-state index contributed by atoms with van der Waals surface area (Å²) in [4.78, 5) is 3.91. The maximum absolute atomic E-state index is 14.2. The van der Waals surface area contributed by atoms with Crippen LogP contribution in [0.25, 0.3) is 0 Å². The second kappa shape index (κ2) is 5.29. The number of nitrogens with two attached hydrogens (primary N) is 1. The van der Waals surface area contributed by atoms with Gasteiger partial charge in [0.2, 0.25) is 0 Å². The SMILES string of the molecule is Cc1cc(F)c([C@]2(C)C[C@@H](C(F)(F)F)OC(N)=N2)cc1I. The molecule has 0 unspecified atom stereocenters. The zero-order chi connectivity index (χ0) is 16.0. The Morgan fingerprint density at radius 1 is 1.43 bits per heavy atom. The number of aryl methyl sites for hydroxylation is 1. The van der Waals surface area contributed by atoms with Gasteiger partial charge in [0.25, 0.3) is 6.02 Å². The molecule has 0 saturated carbocycles. The average molecular weight is 416 g/mol. The summed E-state index contributed by atoms with van der Waals surface area (Å²) in [6.45, 7) is 3.14. The van der Waals surface area contributed by atoms with Crippen molar-refractivity contribution in [1.29, 1.82) is 0 Å². The largest absolute Gasteiger partial charge is 0.452 e. The first-order valence-corrected chi connectivity index (χ1v) is 7.15. The Kier molecular flexibility index (Phi) is 4.11. The Balaban J connectivity index is 2.51. The van der Waals surface area contributed by atoms with E-state index in [2.05, 4.69) is 9.73 Å². The van der Waals surface area contributed by atoms with Crippen molar-refractivity contribution in [2.24, 2.45) is 10.7 Å². The van der Waals surface area contributed by atoms with Gasteiger partial charge in [-0.2, -0.15) is 13.2 Å². The van der Waals surface area contributed by atoms with Gasteiger partial charge in [0.1, 0.15) is 5.82 Å². The van der Waals surface area contributed by atoms with Crippen molar-refractivity contribution in [3.63, 3.8) is 0 Å². The summed E-state index contributed by atoms with van der Waals surface area (Å²) < 4.78 is 58.1. The third kappa shape index (κ3) is 3.24. The van der Waals surface area contributed by atoms with Crippen LogP contribution in [0.5, 0.6) is 0 Å². The third-order valence-electron chi connectivity index (χ3n) is 3.40. The Hall–Kier alpha value is -1.06. The summed E-state index contributed by atoms with van der Waals surface area (Å²) >= 11 is 2.00. The molecule has 2 N–H and O–H groups in total. The van der Waals surface area contributed by atoms with Gasteiger partial charge < -0.3 is 10.5 Å².